The van der Waals surface area contributed by atoms with E-state index >= 15 is 0 Å². The summed E-state index contributed by atoms with van der Waals surface area (Å²) in [6, 6.07) is 47.9. The fourth-order valence-corrected chi connectivity index (χ4v) is 6.20. The molecule has 7 heteroatoms. The average molecular weight is 710 g/mol. The summed E-state index contributed by atoms with van der Waals surface area (Å²) >= 11 is 3.53. The highest BCUT2D eigenvalue weighted by Gasteiger charge is 2.54. The monoisotopic (exact) mass is 708 g/mol. The molecule has 6 atom stereocenters. The maximum Gasteiger partial charge on any atom is 0.116 e. The zero-order valence-electron chi connectivity index (χ0n) is 26.7. The number of aliphatic hydroxyl groups excluding tert-OH is 1. The molecule has 1 fully saturated rings. The van der Waals surface area contributed by atoms with E-state index in [1.807, 2.05) is 146 Å². The normalized spacial score (nSPS) is 22.4. The molecule has 0 bridgehead atoms. The molecule has 48 heavy (non-hydrogen) atoms. The second kappa shape index (κ2) is 17.7. The Labute approximate surface area is 291 Å². The predicted molar refractivity (Wildman–Crippen MR) is 189 cm³/mol. The highest BCUT2D eigenvalue weighted by atomic mass is 79.9. The highest BCUT2D eigenvalue weighted by molar-refractivity contribution is 9.10. The second-order valence-corrected chi connectivity index (χ2v) is 12.9. The molecule has 0 saturated heterocycles. The number of ether oxygens (including phenoxy) is 5. The van der Waals surface area contributed by atoms with Crippen LogP contribution in [0.4, 0.5) is 0 Å². The van der Waals surface area contributed by atoms with E-state index < -0.39 is 36.6 Å². The van der Waals surface area contributed by atoms with E-state index in [0.717, 1.165) is 32.3 Å². The number of aliphatic hydroxyl groups is 1. The first kappa shape index (κ1) is 34.2. The van der Waals surface area contributed by atoms with Crippen molar-refractivity contribution in [2.75, 3.05) is 0 Å². The van der Waals surface area contributed by atoms with Crippen LogP contribution in [-0.4, -0.2) is 41.7 Å². The first-order chi connectivity index (χ1) is 23.6. The van der Waals surface area contributed by atoms with Gasteiger partial charge in [0.15, 0.2) is 0 Å². The molecular formula is C41H41BrO6. The van der Waals surface area contributed by atoms with Crippen LogP contribution in [0.2, 0.25) is 0 Å². The molecule has 0 aliphatic heterocycles. The molecule has 6 nitrogen and oxygen atoms in total. The van der Waals surface area contributed by atoms with Crippen LogP contribution in [0.15, 0.2) is 150 Å². The first-order valence-electron chi connectivity index (χ1n) is 16.3. The van der Waals surface area contributed by atoms with Crippen molar-refractivity contribution < 1.29 is 28.8 Å². The molecule has 6 rings (SSSR count). The largest absolute Gasteiger partial charge is 0.387 e. The Bertz CT molecular complexity index is 1520. The summed E-state index contributed by atoms with van der Waals surface area (Å²) in [6.07, 6.45) is -4.65. The smallest absolute Gasteiger partial charge is 0.116 e. The third kappa shape index (κ3) is 9.49. The molecule has 5 aromatic rings. The van der Waals surface area contributed by atoms with Crippen LogP contribution >= 0.6 is 15.9 Å². The molecule has 5 aromatic carbocycles. The van der Waals surface area contributed by atoms with Gasteiger partial charge in [-0.1, -0.05) is 149 Å². The zero-order valence-corrected chi connectivity index (χ0v) is 28.3. The minimum Gasteiger partial charge on any atom is -0.387 e. The molecule has 0 aromatic heterocycles. The number of benzene rings is 5. The molecule has 0 heterocycles. The van der Waals surface area contributed by atoms with Crippen molar-refractivity contribution in [1.29, 1.82) is 0 Å². The van der Waals surface area contributed by atoms with Gasteiger partial charge in [0.2, 0.25) is 0 Å². The molecule has 0 amide bonds. The van der Waals surface area contributed by atoms with Gasteiger partial charge in [-0.05, 0) is 39.9 Å². The van der Waals surface area contributed by atoms with Crippen molar-refractivity contribution >= 4 is 15.9 Å². The third-order valence-electron chi connectivity index (χ3n) is 8.47. The Morgan fingerprint density at radius 1 is 0.354 bits per heavy atom. The van der Waals surface area contributed by atoms with E-state index in [-0.39, 0.29) is 13.2 Å². The van der Waals surface area contributed by atoms with Crippen LogP contribution in [-0.2, 0) is 56.7 Å². The van der Waals surface area contributed by atoms with Gasteiger partial charge in [-0.15, -0.1) is 0 Å². The van der Waals surface area contributed by atoms with E-state index in [1.165, 1.54) is 0 Å². The Morgan fingerprint density at radius 2 is 0.604 bits per heavy atom. The van der Waals surface area contributed by atoms with Crippen LogP contribution in [0.3, 0.4) is 0 Å². The van der Waals surface area contributed by atoms with Gasteiger partial charge >= 0.3 is 0 Å². The van der Waals surface area contributed by atoms with E-state index in [1.54, 1.807) is 0 Å². The Hall–Kier alpha value is -3.66. The molecule has 248 valence electrons. The first-order valence-corrected chi connectivity index (χ1v) is 17.1. The minimum absolute atomic E-state index is 0.286. The summed E-state index contributed by atoms with van der Waals surface area (Å²) in [6.45, 7) is 1.49. The van der Waals surface area contributed by atoms with E-state index in [9.17, 15) is 5.11 Å². The highest BCUT2D eigenvalue weighted by Crippen LogP contribution is 2.35. The van der Waals surface area contributed by atoms with Crippen LogP contribution in [0.1, 0.15) is 27.8 Å². The van der Waals surface area contributed by atoms with E-state index in [4.69, 9.17) is 23.7 Å². The summed E-state index contributed by atoms with van der Waals surface area (Å²) in [5.41, 5.74) is 4.98. The van der Waals surface area contributed by atoms with Gasteiger partial charge in [-0.25, -0.2) is 0 Å². The van der Waals surface area contributed by atoms with Gasteiger partial charge in [-0.3, -0.25) is 0 Å². The molecule has 0 radical (unpaired) electrons. The molecule has 1 saturated carbocycles. The SMILES string of the molecule is OC1[C@@H](OCc2ccccc2)[C@H](OCc2ccccc2)C(OCc2ccc(Br)cc2)[C@H](OCc2ccccc2)[C@@H]1OCc1ccccc1. The van der Waals surface area contributed by atoms with Gasteiger partial charge in [-0.2, -0.15) is 0 Å². The van der Waals surface area contributed by atoms with Crippen LogP contribution in [0.25, 0.3) is 0 Å². The van der Waals surface area contributed by atoms with Gasteiger partial charge < -0.3 is 28.8 Å². The lowest BCUT2D eigenvalue weighted by molar-refractivity contribution is -0.283. The van der Waals surface area contributed by atoms with Crippen molar-refractivity contribution in [2.24, 2.45) is 0 Å². The molecule has 1 aliphatic rings. The average Bonchev–Trinajstić information content (AvgIpc) is 3.14. The van der Waals surface area contributed by atoms with Crippen molar-refractivity contribution in [3.05, 3.63) is 178 Å². The Morgan fingerprint density at radius 3 is 0.917 bits per heavy atom. The van der Waals surface area contributed by atoms with Gasteiger partial charge in [0.25, 0.3) is 0 Å². The van der Waals surface area contributed by atoms with Crippen LogP contribution in [0.5, 0.6) is 0 Å². The summed E-state index contributed by atoms with van der Waals surface area (Å²) in [4.78, 5) is 0. The summed E-state index contributed by atoms with van der Waals surface area (Å²) in [5.74, 6) is 0. The molecule has 2 unspecified atom stereocenters. The van der Waals surface area contributed by atoms with Gasteiger partial charge in [0, 0.05) is 4.47 Å². The predicted octanol–water partition coefficient (Wildman–Crippen LogP) is 8.05. The summed E-state index contributed by atoms with van der Waals surface area (Å²) in [5, 5.41) is 12.2. The van der Waals surface area contributed by atoms with Crippen molar-refractivity contribution in [2.45, 2.75) is 69.7 Å². The fraction of sp³-hybridized carbons (Fsp3) is 0.268. The minimum atomic E-state index is -1.08. The lowest BCUT2D eigenvalue weighted by Gasteiger charge is -2.48. The summed E-state index contributed by atoms with van der Waals surface area (Å²) in [7, 11) is 0. The lowest BCUT2D eigenvalue weighted by Crippen LogP contribution is -2.66. The standard InChI is InChI=1S/C41H41BrO6/c42-35-23-21-34(22-24-35)29-48-41-39(46-27-32-17-9-3-10-18-32)37(44-25-30-13-5-1-6-14-30)36(43)38(45-26-31-15-7-2-8-16-31)40(41)47-28-33-19-11-4-12-20-33/h1-24,36-41,43H,25-29H2/t36?,37-,38-,39-,40+,41?/m1/s1. The maximum absolute atomic E-state index is 12.2. The van der Waals surface area contributed by atoms with Crippen molar-refractivity contribution in [1.82, 2.24) is 0 Å². The quantitative estimate of drug-likeness (QED) is 0.119. The third-order valence-corrected chi connectivity index (χ3v) is 8.99. The fourth-order valence-electron chi connectivity index (χ4n) is 5.93. The maximum atomic E-state index is 12.2. The van der Waals surface area contributed by atoms with Crippen LogP contribution < -0.4 is 0 Å². The molecule has 1 aliphatic carbocycles. The molecule has 1 N–H and O–H groups in total. The van der Waals surface area contributed by atoms with Gasteiger partial charge in [0.05, 0.1) is 33.0 Å². The second-order valence-electron chi connectivity index (χ2n) is 11.9. The number of hydrogen-bond donors (Lipinski definition) is 1. The topological polar surface area (TPSA) is 66.4 Å². The van der Waals surface area contributed by atoms with E-state index in [0.29, 0.717) is 19.8 Å². The summed E-state index contributed by atoms with van der Waals surface area (Å²) < 4.78 is 34.3. The van der Waals surface area contributed by atoms with Gasteiger partial charge in [0.1, 0.15) is 36.6 Å². The Kier molecular flexibility index (Phi) is 12.6. The van der Waals surface area contributed by atoms with E-state index in [2.05, 4.69) is 15.9 Å². The molecule has 0 spiro atoms. The lowest BCUT2D eigenvalue weighted by atomic mass is 9.83. The Balaban J connectivity index is 1.35. The van der Waals surface area contributed by atoms with Crippen LogP contribution in [0, 0.1) is 0 Å². The van der Waals surface area contributed by atoms with Crippen molar-refractivity contribution in [3.63, 3.8) is 0 Å². The number of halogens is 1. The van der Waals surface area contributed by atoms with Crippen molar-refractivity contribution in [3.8, 4) is 0 Å². The number of rotatable bonds is 15. The molecular weight excluding hydrogens is 668 g/mol. The number of hydrogen-bond acceptors (Lipinski definition) is 6. The zero-order chi connectivity index (χ0) is 33.0.